The average Bonchev–Trinajstić information content (AvgIpc) is 3.05. The second-order valence-electron chi connectivity index (χ2n) is 6.46. The number of hydrogen-bond donors (Lipinski definition) is 2. The molecule has 1 fully saturated rings. The molecule has 0 aromatic heterocycles. The highest BCUT2D eigenvalue weighted by atomic mass is 127. The molecule has 2 rings (SSSR count). The summed E-state index contributed by atoms with van der Waals surface area (Å²) in [6, 6.07) is 11.3. The lowest BCUT2D eigenvalue weighted by Crippen LogP contribution is -2.42. The van der Waals surface area contributed by atoms with Crippen LogP contribution in [0.2, 0.25) is 0 Å². The molecule has 0 unspecified atom stereocenters. The summed E-state index contributed by atoms with van der Waals surface area (Å²) in [4.78, 5) is 7.09. The fourth-order valence-electron chi connectivity index (χ4n) is 3.09. The van der Waals surface area contributed by atoms with E-state index in [0.717, 1.165) is 38.6 Å². The van der Waals surface area contributed by atoms with E-state index in [9.17, 15) is 0 Å². The molecule has 1 aliphatic carbocycles. The largest absolute Gasteiger partial charge is 0.357 e. The highest BCUT2D eigenvalue weighted by molar-refractivity contribution is 14.0. The molecule has 1 saturated carbocycles. The van der Waals surface area contributed by atoms with E-state index < -0.39 is 0 Å². The number of aliphatic imine (C=N–C) groups is 1. The topological polar surface area (TPSA) is 39.7 Å². The van der Waals surface area contributed by atoms with E-state index >= 15 is 0 Å². The molecule has 0 saturated heterocycles. The standard InChI is InChI=1S/C19H32N4.HI/c1-3-20-19(22-18-12-7-8-13-18)21-14-9-15-23(2)16-17-10-5-4-6-11-17;/h4-6,10-11,18H,3,7-9,12-16H2,1-2H3,(H2,20,21,22);1H. The number of benzene rings is 1. The maximum Gasteiger partial charge on any atom is 0.191 e. The summed E-state index contributed by atoms with van der Waals surface area (Å²) < 4.78 is 0. The summed E-state index contributed by atoms with van der Waals surface area (Å²) in [5, 5.41) is 6.93. The zero-order valence-corrected chi connectivity index (χ0v) is 17.5. The Morgan fingerprint density at radius 2 is 1.92 bits per heavy atom. The summed E-state index contributed by atoms with van der Waals surface area (Å²) in [6.07, 6.45) is 6.35. The lowest BCUT2D eigenvalue weighted by Gasteiger charge is -2.18. The molecule has 4 nitrogen and oxygen atoms in total. The van der Waals surface area contributed by atoms with Crippen molar-refractivity contribution in [1.29, 1.82) is 0 Å². The zero-order valence-electron chi connectivity index (χ0n) is 15.1. The number of rotatable bonds is 8. The number of guanidine groups is 1. The maximum absolute atomic E-state index is 4.72. The van der Waals surface area contributed by atoms with E-state index in [1.54, 1.807) is 0 Å². The van der Waals surface area contributed by atoms with Gasteiger partial charge in [-0.25, -0.2) is 0 Å². The quantitative estimate of drug-likeness (QED) is 0.279. The third-order valence-corrected chi connectivity index (χ3v) is 4.30. The number of halogens is 1. The lowest BCUT2D eigenvalue weighted by molar-refractivity contribution is 0.324. The van der Waals surface area contributed by atoms with Crippen molar-refractivity contribution in [1.82, 2.24) is 15.5 Å². The van der Waals surface area contributed by atoms with Crippen molar-refractivity contribution in [3.8, 4) is 0 Å². The van der Waals surface area contributed by atoms with Gasteiger partial charge in [0.2, 0.25) is 0 Å². The van der Waals surface area contributed by atoms with Crippen molar-refractivity contribution < 1.29 is 0 Å². The average molecular weight is 444 g/mol. The molecule has 1 aliphatic rings. The van der Waals surface area contributed by atoms with Crippen LogP contribution in [0.1, 0.15) is 44.6 Å². The van der Waals surface area contributed by atoms with Crippen LogP contribution >= 0.6 is 24.0 Å². The van der Waals surface area contributed by atoms with E-state index in [2.05, 4.69) is 59.8 Å². The molecule has 5 heteroatoms. The third kappa shape index (κ3) is 8.33. The summed E-state index contributed by atoms with van der Waals surface area (Å²) in [5.41, 5.74) is 1.37. The van der Waals surface area contributed by atoms with Crippen LogP contribution in [0.25, 0.3) is 0 Å². The number of nitrogens with one attached hydrogen (secondary N) is 2. The molecule has 24 heavy (non-hydrogen) atoms. The Hall–Kier alpha value is -0.820. The van der Waals surface area contributed by atoms with Crippen LogP contribution < -0.4 is 10.6 Å². The molecule has 2 N–H and O–H groups in total. The van der Waals surface area contributed by atoms with Gasteiger partial charge < -0.3 is 15.5 Å². The van der Waals surface area contributed by atoms with Crippen LogP contribution in [0.3, 0.4) is 0 Å². The predicted octanol–water partition coefficient (Wildman–Crippen LogP) is 3.62. The second kappa shape index (κ2) is 12.5. The van der Waals surface area contributed by atoms with Crippen LogP contribution in [-0.4, -0.2) is 43.6 Å². The Morgan fingerprint density at radius 1 is 1.21 bits per heavy atom. The monoisotopic (exact) mass is 444 g/mol. The normalized spacial score (nSPS) is 15.4. The van der Waals surface area contributed by atoms with Crippen LogP contribution in [0.4, 0.5) is 0 Å². The summed E-state index contributed by atoms with van der Waals surface area (Å²) in [7, 11) is 2.18. The van der Waals surface area contributed by atoms with Gasteiger partial charge in [-0.15, -0.1) is 24.0 Å². The molecule has 0 atom stereocenters. The molecular weight excluding hydrogens is 411 g/mol. The second-order valence-corrected chi connectivity index (χ2v) is 6.46. The first-order valence-electron chi connectivity index (χ1n) is 9.05. The first kappa shape index (κ1) is 21.2. The first-order valence-corrected chi connectivity index (χ1v) is 9.05. The van der Waals surface area contributed by atoms with Crippen molar-refractivity contribution in [3.63, 3.8) is 0 Å². The van der Waals surface area contributed by atoms with Crippen LogP contribution in [-0.2, 0) is 6.54 Å². The van der Waals surface area contributed by atoms with Crippen molar-refractivity contribution in [3.05, 3.63) is 35.9 Å². The highest BCUT2D eigenvalue weighted by Gasteiger charge is 2.15. The van der Waals surface area contributed by atoms with E-state index in [-0.39, 0.29) is 24.0 Å². The Kier molecular flexibility index (Phi) is 11.1. The van der Waals surface area contributed by atoms with Crippen LogP contribution in [0.5, 0.6) is 0 Å². The number of hydrogen-bond acceptors (Lipinski definition) is 2. The molecule has 0 bridgehead atoms. The summed E-state index contributed by atoms with van der Waals surface area (Å²) in [6.45, 7) is 6.00. The van der Waals surface area contributed by atoms with Crippen molar-refractivity contribution in [2.45, 2.75) is 51.6 Å². The van der Waals surface area contributed by atoms with Crippen molar-refractivity contribution in [2.24, 2.45) is 4.99 Å². The van der Waals surface area contributed by atoms with Gasteiger partial charge in [0.15, 0.2) is 5.96 Å². The maximum atomic E-state index is 4.72. The zero-order chi connectivity index (χ0) is 16.3. The minimum atomic E-state index is 0. The van der Waals surface area contributed by atoms with E-state index in [1.807, 2.05) is 0 Å². The molecule has 136 valence electrons. The predicted molar refractivity (Wildman–Crippen MR) is 114 cm³/mol. The fourth-order valence-corrected chi connectivity index (χ4v) is 3.09. The molecule has 0 radical (unpaired) electrons. The smallest absolute Gasteiger partial charge is 0.191 e. The minimum absolute atomic E-state index is 0. The molecule has 1 aromatic rings. The van der Waals surface area contributed by atoms with Gasteiger partial charge >= 0.3 is 0 Å². The van der Waals surface area contributed by atoms with Crippen molar-refractivity contribution in [2.75, 3.05) is 26.7 Å². The third-order valence-electron chi connectivity index (χ3n) is 4.30. The fraction of sp³-hybridized carbons (Fsp3) is 0.632. The summed E-state index contributed by atoms with van der Waals surface area (Å²) >= 11 is 0. The van der Waals surface area contributed by atoms with Crippen LogP contribution in [0, 0.1) is 0 Å². The molecule has 0 amide bonds. The van der Waals surface area contributed by atoms with E-state index in [0.29, 0.717) is 6.04 Å². The van der Waals surface area contributed by atoms with Gasteiger partial charge in [0.05, 0.1) is 0 Å². The summed E-state index contributed by atoms with van der Waals surface area (Å²) in [5.74, 6) is 0.991. The Labute approximate surface area is 164 Å². The van der Waals surface area contributed by atoms with E-state index in [1.165, 1.54) is 31.2 Å². The SMILES string of the molecule is CCNC(=NCCCN(C)Cc1ccccc1)NC1CCCC1.I. The Morgan fingerprint density at radius 3 is 2.58 bits per heavy atom. The van der Waals surface area contributed by atoms with Crippen molar-refractivity contribution >= 4 is 29.9 Å². The molecule has 0 aliphatic heterocycles. The minimum Gasteiger partial charge on any atom is -0.357 e. The van der Waals surface area contributed by atoms with E-state index in [4.69, 9.17) is 4.99 Å². The molecule has 0 heterocycles. The Balaban J connectivity index is 0.00000288. The van der Waals surface area contributed by atoms with Crippen LogP contribution in [0.15, 0.2) is 35.3 Å². The lowest BCUT2D eigenvalue weighted by atomic mass is 10.2. The van der Waals surface area contributed by atoms with Gasteiger partial charge in [-0.1, -0.05) is 43.2 Å². The Bertz CT molecular complexity index is 458. The van der Waals surface area contributed by atoms with Gasteiger partial charge in [-0.2, -0.15) is 0 Å². The highest BCUT2D eigenvalue weighted by Crippen LogP contribution is 2.17. The molecular formula is C19H33IN4. The van der Waals surface area contributed by atoms with Gasteiger partial charge in [0.1, 0.15) is 0 Å². The van der Waals surface area contributed by atoms with Gasteiger partial charge in [-0.05, 0) is 45.3 Å². The van der Waals surface area contributed by atoms with Gasteiger partial charge in [-0.3, -0.25) is 4.99 Å². The van der Waals surface area contributed by atoms with Gasteiger partial charge in [0.25, 0.3) is 0 Å². The van der Waals surface area contributed by atoms with Gasteiger partial charge in [0, 0.05) is 25.7 Å². The molecule has 0 spiro atoms. The number of nitrogens with zero attached hydrogens (tertiary/aromatic N) is 2. The first-order chi connectivity index (χ1) is 11.3. The molecule has 1 aromatic carbocycles.